The molecule has 0 saturated heterocycles. The maximum atomic E-state index is 13.4. The number of unbranched alkanes of at least 4 members (excludes halogenated alkanes) is 2. The van der Waals surface area contributed by atoms with Gasteiger partial charge in [-0.15, -0.1) is 0 Å². The van der Waals surface area contributed by atoms with Gasteiger partial charge in [-0.05, 0) is 42.2 Å². The molecule has 0 aliphatic carbocycles. The molecule has 1 unspecified atom stereocenters. The van der Waals surface area contributed by atoms with Crippen molar-refractivity contribution in [1.29, 1.82) is 0 Å². The van der Waals surface area contributed by atoms with E-state index < -0.39 is 11.2 Å². The molecule has 3 rings (SSSR count). The minimum atomic E-state index is -1.18. The van der Waals surface area contributed by atoms with E-state index in [0.717, 1.165) is 56.4 Å². The summed E-state index contributed by atoms with van der Waals surface area (Å²) in [7, 11) is 0. The van der Waals surface area contributed by atoms with Gasteiger partial charge in [0.1, 0.15) is 11.5 Å². The molecule has 152 valence electrons. The molecule has 28 heavy (non-hydrogen) atoms. The van der Waals surface area contributed by atoms with Crippen LogP contribution in [0, 0.1) is 5.41 Å². The van der Waals surface area contributed by atoms with Crippen molar-refractivity contribution in [3.63, 3.8) is 0 Å². The highest BCUT2D eigenvalue weighted by Crippen LogP contribution is 2.47. The van der Waals surface area contributed by atoms with Crippen LogP contribution in [0.3, 0.4) is 0 Å². The zero-order chi connectivity index (χ0) is 20.1. The average molecular weight is 420 g/mol. The van der Waals surface area contributed by atoms with Crippen molar-refractivity contribution >= 4 is 34.2 Å². The van der Waals surface area contributed by atoms with Crippen LogP contribution < -0.4 is 4.90 Å². The highest BCUT2D eigenvalue weighted by Gasteiger charge is 2.42. The maximum absolute atomic E-state index is 13.4. The predicted octanol–water partition coefficient (Wildman–Crippen LogP) is 6.67. The Bertz CT molecular complexity index is 776. The molecule has 1 aliphatic rings. The molecule has 2 aromatic carbocycles. The molecule has 2 aromatic rings. The fourth-order valence-corrected chi connectivity index (χ4v) is 6.01. The number of hydrogen-bond donors (Lipinski definition) is 1. The summed E-state index contributed by atoms with van der Waals surface area (Å²) >= 11 is 5.08. The zero-order valence-electron chi connectivity index (χ0n) is 16.8. The predicted molar refractivity (Wildman–Crippen MR) is 119 cm³/mol. The molecule has 0 fully saturated rings. The van der Waals surface area contributed by atoms with Crippen molar-refractivity contribution in [2.75, 3.05) is 17.2 Å². The van der Waals surface area contributed by atoms with Gasteiger partial charge in [0.05, 0.1) is 10.7 Å². The summed E-state index contributed by atoms with van der Waals surface area (Å²) < 4.78 is 13.4. The van der Waals surface area contributed by atoms with Gasteiger partial charge >= 0.3 is 0 Å². The van der Waals surface area contributed by atoms with Crippen molar-refractivity contribution in [3.05, 3.63) is 47.5 Å². The molecule has 0 spiro atoms. The number of hydrogen-bond acceptors (Lipinski definition) is 3. The van der Waals surface area contributed by atoms with Crippen LogP contribution in [0.25, 0.3) is 0 Å². The Morgan fingerprint density at radius 3 is 2.36 bits per heavy atom. The molecule has 0 amide bonds. The Hall–Kier alpha value is -1.36. The first-order valence-electron chi connectivity index (χ1n) is 10.2. The summed E-state index contributed by atoms with van der Waals surface area (Å²) in [6.45, 7) is 5.24. The molecule has 5 heteroatoms. The van der Waals surface area contributed by atoms with Crippen LogP contribution in [-0.4, -0.2) is 22.0 Å². The van der Waals surface area contributed by atoms with Crippen LogP contribution in [-0.2, 0) is 11.2 Å². The number of anilines is 2. The molecule has 1 atom stereocenters. The van der Waals surface area contributed by atoms with Crippen LogP contribution >= 0.6 is 11.6 Å². The lowest BCUT2D eigenvalue weighted by Gasteiger charge is -2.36. The van der Waals surface area contributed by atoms with Crippen molar-refractivity contribution < 1.29 is 9.66 Å². The van der Waals surface area contributed by atoms with Crippen LogP contribution in [0.1, 0.15) is 52.4 Å². The number of phenolic OH excluding ortho intramolecular Hbond substituents is 1. The lowest BCUT2D eigenvalue weighted by Crippen LogP contribution is -2.38. The second-order valence-electron chi connectivity index (χ2n) is 7.89. The summed E-state index contributed by atoms with van der Waals surface area (Å²) in [6, 6.07) is 13.6. The molecule has 1 aliphatic heterocycles. The summed E-state index contributed by atoms with van der Waals surface area (Å²) in [6.07, 6.45) is 6.65. The quantitative estimate of drug-likeness (QED) is 0.509. The van der Waals surface area contributed by atoms with E-state index in [2.05, 4.69) is 30.9 Å². The third-order valence-corrected chi connectivity index (χ3v) is 7.68. The fourth-order valence-electron chi connectivity index (χ4n) is 4.12. The highest BCUT2D eigenvalue weighted by molar-refractivity contribution is 7.91. The molecule has 0 bridgehead atoms. The summed E-state index contributed by atoms with van der Waals surface area (Å²) in [5.74, 6) is 0.626. The first-order chi connectivity index (χ1) is 13.5. The Kier molecular flexibility index (Phi) is 7.19. The van der Waals surface area contributed by atoms with E-state index in [1.165, 1.54) is 0 Å². The van der Waals surface area contributed by atoms with Gasteiger partial charge in [0.25, 0.3) is 0 Å². The smallest absolute Gasteiger partial charge is 0.180 e. The van der Waals surface area contributed by atoms with Crippen molar-refractivity contribution in [2.24, 2.45) is 5.41 Å². The lowest BCUT2D eigenvalue weighted by molar-refractivity contribution is 0.270. The van der Waals surface area contributed by atoms with E-state index in [9.17, 15) is 9.66 Å². The number of para-hydroxylation sites is 1. The number of nitrogens with zero attached hydrogens (tertiary/aromatic N) is 1. The Morgan fingerprint density at radius 2 is 1.75 bits per heavy atom. The normalized spacial score (nSPS) is 18.6. The third kappa shape index (κ3) is 4.61. The SMILES string of the molecule is CCCCC1(CCCC)CN(c2ccccc2)c2cc(Cl)c(O)cc2[S+]([O-])C1. The van der Waals surface area contributed by atoms with Crippen molar-refractivity contribution in [2.45, 2.75) is 57.3 Å². The number of rotatable bonds is 7. The van der Waals surface area contributed by atoms with Crippen molar-refractivity contribution in [1.82, 2.24) is 0 Å². The van der Waals surface area contributed by atoms with E-state index in [1.807, 2.05) is 18.2 Å². The largest absolute Gasteiger partial charge is 0.611 e. The van der Waals surface area contributed by atoms with E-state index in [-0.39, 0.29) is 11.2 Å². The molecule has 0 saturated carbocycles. The molecular formula is C23H30ClNO2S. The minimum absolute atomic E-state index is 0.00334. The van der Waals surface area contributed by atoms with E-state index in [4.69, 9.17) is 11.6 Å². The fraction of sp³-hybridized carbons (Fsp3) is 0.478. The van der Waals surface area contributed by atoms with Crippen LogP contribution in [0.5, 0.6) is 5.75 Å². The topological polar surface area (TPSA) is 46.5 Å². The molecular weight excluding hydrogens is 390 g/mol. The lowest BCUT2D eigenvalue weighted by atomic mass is 9.79. The minimum Gasteiger partial charge on any atom is -0.611 e. The van der Waals surface area contributed by atoms with Gasteiger partial charge in [-0.25, -0.2) is 0 Å². The van der Waals surface area contributed by atoms with Gasteiger partial charge in [-0.3, -0.25) is 0 Å². The average Bonchev–Trinajstić information content (AvgIpc) is 2.81. The molecule has 0 radical (unpaired) electrons. The first-order valence-corrected chi connectivity index (χ1v) is 11.9. The van der Waals surface area contributed by atoms with Crippen LogP contribution in [0.15, 0.2) is 47.4 Å². The molecule has 3 nitrogen and oxygen atoms in total. The van der Waals surface area contributed by atoms with E-state index in [1.54, 1.807) is 12.1 Å². The van der Waals surface area contributed by atoms with E-state index in [0.29, 0.717) is 15.7 Å². The van der Waals surface area contributed by atoms with Gasteiger partial charge < -0.3 is 14.6 Å². The van der Waals surface area contributed by atoms with Crippen molar-refractivity contribution in [3.8, 4) is 5.75 Å². The first kappa shape index (κ1) is 21.4. The number of fused-ring (bicyclic) bond motifs is 1. The Labute approximate surface area is 176 Å². The summed E-state index contributed by atoms with van der Waals surface area (Å²) in [5, 5.41) is 10.5. The molecule has 1 N–H and O–H groups in total. The van der Waals surface area contributed by atoms with Crippen LogP contribution in [0.2, 0.25) is 5.02 Å². The summed E-state index contributed by atoms with van der Waals surface area (Å²) in [5.41, 5.74) is 1.90. The standard InChI is InChI=1S/C23H30ClNO2S/c1-3-5-12-23(13-6-4-2)16-25(18-10-8-7-9-11-18)20-14-19(24)21(26)15-22(20)28(27)17-23/h7-11,14-15,26H,3-6,12-13,16-17H2,1-2H3. The van der Waals surface area contributed by atoms with Gasteiger partial charge in [0, 0.05) is 23.7 Å². The third-order valence-electron chi connectivity index (χ3n) is 5.68. The second kappa shape index (κ2) is 9.43. The van der Waals surface area contributed by atoms with Gasteiger partial charge in [0.15, 0.2) is 4.90 Å². The van der Waals surface area contributed by atoms with Gasteiger partial charge in [0.2, 0.25) is 0 Å². The second-order valence-corrected chi connectivity index (χ2v) is 9.72. The molecule has 0 aromatic heterocycles. The van der Waals surface area contributed by atoms with Gasteiger partial charge in [-0.2, -0.15) is 0 Å². The summed E-state index contributed by atoms with van der Waals surface area (Å²) in [4.78, 5) is 2.94. The van der Waals surface area contributed by atoms with Gasteiger partial charge in [-0.1, -0.05) is 69.3 Å². The number of aromatic hydroxyl groups is 1. The maximum Gasteiger partial charge on any atom is 0.180 e. The zero-order valence-corrected chi connectivity index (χ0v) is 18.4. The Morgan fingerprint density at radius 1 is 1.11 bits per heavy atom. The molecule has 1 heterocycles. The monoisotopic (exact) mass is 419 g/mol. The highest BCUT2D eigenvalue weighted by atomic mass is 35.5. The number of halogens is 1. The van der Waals surface area contributed by atoms with Crippen LogP contribution in [0.4, 0.5) is 11.4 Å². The number of benzene rings is 2. The Balaban J connectivity index is 2.12. The number of phenols is 1. The van der Waals surface area contributed by atoms with E-state index >= 15 is 0 Å².